The van der Waals surface area contributed by atoms with E-state index in [1.54, 1.807) is 7.11 Å². The number of carbonyl (C=O) groups excluding carboxylic acids is 1. The molecule has 0 radical (unpaired) electrons. The molecule has 0 saturated carbocycles. The summed E-state index contributed by atoms with van der Waals surface area (Å²) in [6.45, 7) is 0.0532. The monoisotopic (exact) mass is 418 g/mol. The molecule has 0 aromatic heterocycles. The Hall–Kier alpha value is -3.95. The van der Waals surface area contributed by atoms with Crippen LogP contribution in [0.25, 0.3) is 43.8 Å². The molecule has 0 amide bonds. The van der Waals surface area contributed by atoms with E-state index >= 15 is 0 Å². The molecule has 3 heteroatoms. The molecule has 0 saturated heterocycles. The molecule has 0 fully saturated rings. The fraction of sp³-hybridized carbons (Fsp3) is 0.0690. The molecule has 0 unspecified atom stereocenters. The zero-order chi connectivity index (χ0) is 21.9. The third-order valence-corrected chi connectivity index (χ3v) is 5.74. The molecule has 0 spiro atoms. The number of methoxy groups -OCH3 is 1. The zero-order valence-corrected chi connectivity index (χ0v) is 17.7. The number of benzene rings is 5. The van der Waals surface area contributed by atoms with Crippen LogP contribution in [0.5, 0.6) is 5.75 Å². The smallest absolute Gasteiger partial charge is 0.188 e. The lowest BCUT2D eigenvalue weighted by molar-refractivity contribution is 0.0510. The molecule has 0 heterocycles. The first-order valence-electron chi connectivity index (χ1n) is 10.5. The van der Waals surface area contributed by atoms with E-state index in [0.717, 1.165) is 50.1 Å². The average molecular weight is 418 g/mol. The van der Waals surface area contributed by atoms with Gasteiger partial charge in [0.15, 0.2) is 13.1 Å². The van der Waals surface area contributed by atoms with E-state index < -0.39 is 0 Å². The largest absolute Gasteiger partial charge is 0.466 e. The molecule has 0 atom stereocenters. The summed E-state index contributed by atoms with van der Waals surface area (Å²) in [6.07, 6.45) is 0.855. The first-order valence-corrected chi connectivity index (χ1v) is 10.5. The predicted molar refractivity (Wildman–Crippen MR) is 130 cm³/mol. The number of ether oxygens (including phenoxy) is 2. The van der Waals surface area contributed by atoms with Gasteiger partial charge in [0.05, 0.1) is 5.56 Å². The number of hydrogen-bond donors (Lipinski definition) is 0. The minimum atomic E-state index is 0.0532. The van der Waals surface area contributed by atoms with Crippen molar-refractivity contribution in [1.29, 1.82) is 0 Å². The van der Waals surface area contributed by atoms with Crippen molar-refractivity contribution in [3.8, 4) is 28.0 Å². The quantitative estimate of drug-likeness (QED) is 0.217. The van der Waals surface area contributed by atoms with Gasteiger partial charge in [0.1, 0.15) is 5.75 Å². The van der Waals surface area contributed by atoms with Gasteiger partial charge in [-0.05, 0) is 38.7 Å². The van der Waals surface area contributed by atoms with Crippen molar-refractivity contribution in [2.75, 3.05) is 13.9 Å². The first kappa shape index (κ1) is 20.0. The Bertz CT molecular complexity index is 1420. The average Bonchev–Trinajstić information content (AvgIpc) is 2.86. The highest BCUT2D eigenvalue weighted by atomic mass is 16.7. The lowest BCUT2D eigenvalue weighted by atomic mass is 9.86. The maximum atomic E-state index is 12.1. The highest BCUT2D eigenvalue weighted by Crippen LogP contribution is 2.46. The molecular formula is C29H22O3. The van der Waals surface area contributed by atoms with Gasteiger partial charge in [-0.15, -0.1) is 0 Å². The van der Waals surface area contributed by atoms with Crippen LogP contribution in [-0.4, -0.2) is 20.2 Å². The van der Waals surface area contributed by atoms with Crippen molar-refractivity contribution >= 4 is 27.8 Å². The van der Waals surface area contributed by atoms with Crippen LogP contribution in [0.1, 0.15) is 10.4 Å². The van der Waals surface area contributed by atoms with Gasteiger partial charge in [-0.2, -0.15) is 0 Å². The second-order valence-electron chi connectivity index (χ2n) is 7.64. The summed E-state index contributed by atoms with van der Waals surface area (Å²) in [4.78, 5) is 12.1. The second kappa shape index (κ2) is 8.66. The standard InChI is InChI=1S/C29H22O3/c1-31-19-32-29-23(18-30)17-22-12-6-8-14-25(22)28(29)27-24-13-7-5-11-21(24)15-16-26(27)20-9-3-2-4-10-20/h2-18H,19H2,1H3. The van der Waals surface area contributed by atoms with Crippen molar-refractivity contribution in [1.82, 2.24) is 0 Å². The molecule has 5 aromatic rings. The Balaban J connectivity index is 1.98. The summed E-state index contributed by atoms with van der Waals surface area (Å²) >= 11 is 0. The number of hydrogen-bond acceptors (Lipinski definition) is 3. The van der Waals surface area contributed by atoms with Gasteiger partial charge < -0.3 is 9.47 Å². The van der Waals surface area contributed by atoms with E-state index in [1.807, 2.05) is 54.6 Å². The topological polar surface area (TPSA) is 35.5 Å². The van der Waals surface area contributed by atoms with Crippen LogP contribution in [0.4, 0.5) is 0 Å². The molecule has 0 aliphatic carbocycles. The fourth-order valence-electron chi connectivity index (χ4n) is 4.36. The maximum Gasteiger partial charge on any atom is 0.188 e. The lowest BCUT2D eigenvalue weighted by Gasteiger charge is -2.21. The van der Waals surface area contributed by atoms with Crippen LogP contribution in [-0.2, 0) is 4.74 Å². The van der Waals surface area contributed by atoms with Gasteiger partial charge in [0.25, 0.3) is 0 Å². The molecule has 5 rings (SSSR count). The molecule has 0 aliphatic heterocycles. The normalized spacial score (nSPS) is 11.0. The summed E-state index contributed by atoms with van der Waals surface area (Å²) in [7, 11) is 1.58. The van der Waals surface area contributed by atoms with Crippen molar-refractivity contribution in [2.45, 2.75) is 0 Å². The number of rotatable bonds is 6. The molecular weight excluding hydrogens is 396 g/mol. The molecule has 0 aliphatic rings. The molecule has 0 N–H and O–H groups in total. The van der Waals surface area contributed by atoms with Gasteiger partial charge >= 0.3 is 0 Å². The van der Waals surface area contributed by atoms with E-state index in [0.29, 0.717) is 11.3 Å². The SMILES string of the molecule is COCOc1c(C=O)cc2ccccc2c1-c1c(-c2ccccc2)ccc2ccccc12. The summed E-state index contributed by atoms with van der Waals surface area (Å²) in [5.41, 5.74) is 4.63. The van der Waals surface area contributed by atoms with Crippen molar-refractivity contribution in [3.63, 3.8) is 0 Å². The van der Waals surface area contributed by atoms with E-state index in [4.69, 9.17) is 9.47 Å². The molecule has 32 heavy (non-hydrogen) atoms. The Morgan fingerprint density at radius 3 is 2.09 bits per heavy atom. The van der Waals surface area contributed by atoms with Crippen LogP contribution >= 0.6 is 0 Å². The fourth-order valence-corrected chi connectivity index (χ4v) is 4.36. The highest BCUT2D eigenvalue weighted by molar-refractivity contribution is 6.14. The van der Waals surface area contributed by atoms with Crippen molar-refractivity contribution < 1.29 is 14.3 Å². The number of fused-ring (bicyclic) bond motifs is 2. The van der Waals surface area contributed by atoms with Gasteiger partial charge in [0, 0.05) is 18.2 Å². The summed E-state index contributed by atoms with van der Waals surface area (Å²) < 4.78 is 11.3. The van der Waals surface area contributed by atoms with E-state index in [-0.39, 0.29) is 6.79 Å². The van der Waals surface area contributed by atoms with Crippen molar-refractivity contribution in [3.05, 3.63) is 103 Å². The van der Waals surface area contributed by atoms with Crippen LogP contribution in [0, 0.1) is 0 Å². The molecule has 3 nitrogen and oxygen atoms in total. The maximum absolute atomic E-state index is 12.1. The third kappa shape index (κ3) is 3.43. The Morgan fingerprint density at radius 1 is 0.719 bits per heavy atom. The summed E-state index contributed by atoms with van der Waals surface area (Å²) in [5, 5.41) is 4.24. The van der Waals surface area contributed by atoms with Crippen LogP contribution < -0.4 is 4.74 Å². The van der Waals surface area contributed by atoms with Gasteiger partial charge in [0.2, 0.25) is 0 Å². The van der Waals surface area contributed by atoms with E-state index in [2.05, 4.69) is 42.5 Å². The summed E-state index contributed by atoms with van der Waals surface area (Å²) in [5.74, 6) is 0.536. The van der Waals surface area contributed by atoms with Gasteiger partial charge in [-0.25, -0.2) is 0 Å². The highest BCUT2D eigenvalue weighted by Gasteiger charge is 2.21. The lowest BCUT2D eigenvalue weighted by Crippen LogP contribution is -2.04. The number of carbonyl (C=O) groups is 1. The minimum absolute atomic E-state index is 0.0532. The van der Waals surface area contributed by atoms with Crippen LogP contribution in [0.3, 0.4) is 0 Å². The Morgan fingerprint density at radius 2 is 1.38 bits per heavy atom. The van der Waals surface area contributed by atoms with Gasteiger partial charge in [-0.1, -0.05) is 91.0 Å². The molecule has 156 valence electrons. The second-order valence-corrected chi connectivity index (χ2v) is 7.64. The van der Waals surface area contributed by atoms with E-state index in [9.17, 15) is 4.79 Å². The van der Waals surface area contributed by atoms with Crippen LogP contribution in [0.15, 0.2) is 97.1 Å². The van der Waals surface area contributed by atoms with Crippen molar-refractivity contribution in [2.24, 2.45) is 0 Å². The minimum Gasteiger partial charge on any atom is -0.466 e. The third-order valence-electron chi connectivity index (χ3n) is 5.74. The van der Waals surface area contributed by atoms with Crippen LogP contribution in [0.2, 0.25) is 0 Å². The van der Waals surface area contributed by atoms with E-state index in [1.165, 1.54) is 0 Å². The number of aldehydes is 1. The van der Waals surface area contributed by atoms with Gasteiger partial charge in [-0.3, -0.25) is 4.79 Å². The Kier molecular flexibility index (Phi) is 5.40. The molecule has 0 bridgehead atoms. The Labute approximate surface area is 186 Å². The zero-order valence-electron chi connectivity index (χ0n) is 17.7. The first-order chi connectivity index (χ1) is 15.8. The predicted octanol–water partition coefficient (Wildman–Crippen LogP) is 7.12. The molecule has 5 aromatic carbocycles. The summed E-state index contributed by atoms with van der Waals surface area (Å²) in [6, 6.07) is 32.9.